The van der Waals surface area contributed by atoms with Gasteiger partial charge in [-0.05, 0) is 29.7 Å². The third-order valence-corrected chi connectivity index (χ3v) is 3.01. The van der Waals surface area contributed by atoms with Crippen molar-refractivity contribution in [3.05, 3.63) is 53.6 Å². The second-order valence-corrected chi connectivity index (χ2v) is 4.65. The maximum atomic E-state index is 13.0. The fourth-order valence-electron chi connectivity index (χ4n) is 2.10. The quantitative estimate of drug-likeness (QED) is 0.806. The lowest BCUT2D eigenvalue weighted by Crippen LogP contribution is -1.90. The number of nitrogens with zero attached hydrogens (tertiary/aromatic N) is 1. The number of hydrogen-bond acceptors (Lipinski definition) is 1. The molecule has 0 amide bonds. The summed E-state index contributed by atoms with van der Waals surface area (Å²) in [6.07, 6.45) is 5.16. The van der Waals surface area contributed by atoms with E-state index in [0.717, 1.165) is 22.4 Å². The molecule has 0 saturated carbocycles. The summed E-state index contributed by atoms with van der Waals surface area (Å²) in [6.45, 7) is 4.17. The van der Waals surface area contributed by atoms with Crippen molar-refractivity contribution < 1.29 is 4.39 Å². The number of rotatable bonds is 3. The lowest BCUT2D eigenvalue weighted by atomic mass is 9.98. The van der Waals surface area contributed by atoms with Crippen molar-refractivity contribution in [2.45, 2.75) is 19.8 Å². The normalized spacial score (nSPS) is 11.1. The third kappa shape index (κ3) is 2.74. The van der Waals surface area contributed by atoms with Crippen LogP contribution in [0.25, 0.3) is 17.2 Å². The number of halogens is 1. The van der Waals surface area contributed by atoms with Gasteiger partial charge in [-0.25, -0.2) is 4.39 Å². The van der Waals surface area contributed by atoms with Gasteiger partial charge in [0.2, 0.25) is 0 Å². The van der Waals surface area contributed by atoms with Gasteiger partial charge in [-0.15, -0.1) is 0 Å². The number of allylic oxidation sites excluding steroid dienone is 1. The molecule has 0 spiro atoms. The highest BCUT2D eigenvalue weighted by Gasteiger charge is 2.13. The van der Waals surface area contributed by atoms with E-state index >= 15 is 0 Å². The summed E-state index contributed by atoms with van der Waals surface area (Å²) in [5.74, 6) is 0.0741. The molecule has 0 radical (unpaired) electrons. The van der Waals surface area contributed by atoms with E-state index in [2.05, 4.69) is 18.8 Å². The summed E-state index contributed by atoms with van der Waals surface area (Å²) < 4.78 is 13.0. The summed E-state index contributed by atoms with van der Waals surface area (Å²) in [4.78, 5) is 3.24. The molecule has 0 aliphatic carbocycles. The molecule has 2 aromatic rings. The van der Waals surface area contributed by atoms with Gasteiger partial charge in [0.1, 0.15) is 5.82 Å². The van der Waals surface area contributed by atoms with E-state index in [4.69, 9.17) is 5.26 Å². The van der Waals surface area contributed by atoms with Crippen LogP contribution in [0.3, 0.4) is 0 Å². The average molecular weight is 254 g/mol. The van der Waals surface area contributed by atoms with E-state index in [-0.39, 0.29) is 5.82 Å². The Kier molecular flexibility index (Phi) is 3.82. The molecule has 1 N–H and O–H groups in total. The van der Waals surface area contributed by atoms with Crippen LogP contribution in [-0.4, -0.2) is 4.98 Å². The Morgan fingerprint density at radius 3 is 2.53 bits per heavy atom. The van der Waals surface area contributed by atoms with Gasteiger partial charge < -0.3 is 4.98 Å². The van der Waals surface area contributed by atoms with Crippen LogP contribution in [0.1, 0.15) is 31.0 Å². The summed E-state index contributed by atoms with van der Waals surface area (Å²) in [5.41, 5.74) is 3.98. The standard InChI is InChI=1S/C16H15FN2/c1-11(2)16-14(4-3-9-18)15(10-19-16)12-5-7-13(17)8-6-12/h3-8,10-11,19H,1-2H3. The lowest BCUT2D eigenvalue weighted by Gasteiger charge is -2.06. The van der Waals surface area contributed by atoms with Crippen molar-refractivity contribution >= 4 is 6.08 Å². The van der Waals surface area contributed by atoms with E-state index in [0.29, 0.717) is 5.92 Å². The molecule has 1 aromatic heterocycles. The highest BCUT2D eigenvalue weighted by Crippen LogP contribution is 2.31. The van der Waals surface area contributed by atoms with Gasteiger partial charge in [-0.1, -0.05) is 26.0 Å². The van der Waals surface area contributed by atoms with Crippen LogP contribution in [0.15, 0.2) is 36.5 Å². The molecule has 1 heterocycles. The number of aromatic amines is 1. The van der Waals surface area contributed by atoms with E-state index in [1.807, 2.05) is 12.3 Å². The van der Waals surface area contributed by atoms with E-state index in [9.17, 15) is 4.39 Å². The predicted molar refractivity (Wildman–Crippen MR) is 74.9 cm³/mol. The van der Waals surface area contributed by atoms with Gasteiger partial charge in [0.15, 0.2) is 0 Å². The molecule has 0 aliphatic rings. The van der Waals surface area contributed by atoms with E-state index in [1.54, 1.807) is 18.2 Å². The van der Waals surface area contributed by atoms with Crippen molar-refractivity contribution in [3.63, 3.8) is 0 Å². The topological polar surface area (TPSA) is 39.6 Å². The molecule has 96 valence electrons. The zero-order valence-corrected chi connectivity index (χ0v) is 10.9. The Balaban J connectivity index is 2.54. The van der Waals surface area contributed by atoms with E-state index < -0.39 is 0 Å². The zero-order valence-electron chi connectivity index (χ0n) is 10.9. The minimum Gasteiger partial charge on any atom is -0.364 e. The number of nitrogens with one attached hydrogen (secondary N) is 1. The molecule has 2 rings (SSSR count). The molecule has 0 bridgehead atoms. The second-order valence-electron chi connectivity index (χ2n) is 4.65. The summed E-state index contributed by atoms with van der Waals surface area (Å²) in [7, 11) is 0. The van der Waals surface area contributed by atoms with Gasteiger partial charge in [-0.2, -0.15) is 5.26 Å². The van der Waals surface area contributed by atoms with Crippen LogP contribution in [0.2, 0.25) is 0 Å². The van der Waals surface area contributed by atoms with Gasteiger partial charge >= 0.3 is 0 Å². The first-order chi connectivity index (χ1) is 9.13. The molecule has 0 atom stereocenters. The van der Waals surface area contributed by atoms with Gasteiger partial charge in [0, 0.05) is 29.1 Å². The van der Waals surface area contributed by atoms with Crippen LogP contribution in [-0.2, 0) is 0 Å². The Morgan fingerprint density at radius 2 is 1.95 bits per heavy atom. The molecule has 19 heavy (non-hydrogen) atoms. The first-order valence-electron chi connectivity index (χ1n) is 6.17. The number of H-pyrrole nitrogens is 1. The molecule has 3 heteroatoms. The molecule has 2 nitrogen and oxygen atoms in total. The minimum absolute atomic E-state index is 0.252. The Hall–Kier alpha value is -2.34. The molecule has 0 aliphatic heterocycles. The summed E-state index contributed by atoms with van der Waals surface area (Å²) in [5, 5.41) is 8.70. The molecule has 0 fully saturated rings. The Morgan fingerprint density at radius 1 is 1.26 bits per heavy atom. The van der Waals surface area contributed by atoms with Crippen LogP contribution in [0.5, 0.6) is 0 Å². The fourth-order valence-corrected chi connectivity index (χ4v) is 2.10. The largest absolute Gasteiger partial charge is 0.364 e. The van der Waals surface area contributed by atoms with Crippen molar-refractivity contribution in [3.8, 4) is 17.2 Å². The number of benzene rings is 1. The Bertz CT molecular complexity index is 628. The fraction of sp³-hybridized carbons (Fsp3) is 0.188. The number of hydrogen-bond donors (Lipinski definition) is 1. The van der Waals surface area contributed by atoms with Gasteiger partial charge in [0.25, 0.3) is 0 Å². The maximum Gasteiger partial charge on any atom is 0.123 e. The van der Waals surface area contributed by atoms with Crippen molar-refractivity contribution in [1.29, 1.82) is 5.26 Å². The van der Waals surface area contributed by atoms with Gasteiger partial charge in [-0.3, -0.25) is 0 Å². The average Bonchev–Trinajstić information content (AvgIpc) is 2.81. The highest BCUT2D eigenvalue weighted by molar-refractivity contribution is 5.77. The SMILES string of the molecule is CC(C)c1[nH]cc(-c2ccc(F)cc2)c1C=CC#N. The first kappa shape index (κ1) is 13.1. The lowest BCUT2D eigenvalue weighted by molar-refractivity contribution is 0.628. The summed E-state index contributed by atoms with van der Waals surface area (Å²) >= 11 is 0. The minimum atomic E-state index is -0.252. The predicted octanol–water partition coefficient (Wildman–Crippen LogP) is 4.48. The van der Waals surface area contributed by atoms with E-state index in [1.165, 1.54) is 18.2 Å². The molecular formula is C16H15FN2. The number of aromatic nitrogens is 1. The van der Waals surface area contributed by atoms with Crippen LogP contribution in [0.4, 0.5) is 4.39 Å². The van der Waals surface area contributed by atoms with Crippen LogP contribution in [0, 0.1) is 17.1 Å². The molecular weight excluding hydrogens is 239 g/mol. The smallest absolute Gasteiger partial charge is 0.123 e. The molecule has 1 aromatic carbocycles. The van der Waals surface area contributed by atoms with Crippen molar-refractivity contribution in [2.24, 2.45) is 0 Å². The Labute approximate surface area is 112 Å². The van der Waals surface area contributed by atoms with Crippen LogP contribution >= 0.6 is 0 Å². The highest BCUT2D eigenvalue weighted by atomic mass is 19.1. The van der Waals surface area contributed by atoms with Crippen LogP contribution < -0.4 is 0 Å². The first-order valence-corrected chi connectivity index (χ1v) is 6.17. The second kappa shape index (κ2) is 5.53. The van der Waals surface area contributed by atoms with Gasteiger partial charge in [0.05, 0.1) is 6.07 Å². The monoisotopic (exact) mass is 254 g/mol. The molecule has 0 saturated heterocycles. The van der Waals surface area contributed by atoms with Crippen molar-refractivity contribution in [1.82, 2.24) is 4.98 Å². The van der Waals surface area contributed by atoms with Crippen molar-refractivity contribution in [2.75, 3.05) is 0 Å². The third-order valence-electron chi connectivity index (χ3n) is 3.01. The molecule has 0 unspecified atom stereocenters. The maximum absolute atomic E-state index is 13.0. The number of nitriles is 1. The summed E-state index contributed by atoms with van der Waals surface area (Å²) in [6, 6.07) is 8.37. The zero-order chi connectivity index (χ0) is 13.8.